The van der Waals surface area contributed by atoms with E-state index in [0.717, 1.165) is 0 Å². The maximum absolute atomic E-state index is 12.1. The summed E-state index contributed by atoms with van der Waals surface area (Å²) in [7, 11) is 0. The summed E-state index contributed by atoms with van der Waals surface area (Å²) in [6, 6.07) is 1.62. The highest BCUT2D eigenvalue weighted by atomic mass is 35.5. The predicted molar refractivity (Wildman–Crippen MR) is 84.8 cm³/mol. The number of phenols is 1. The Balaban J connectivity index is 2.26. The van der Waals surface area contributed by atoms with Crippen molar-refractivity contribution in [3.63, 3.8) is 0 Å². The van der Waals surface area contributed by atoms with E-state index in [1.807, 2.05) is 0 Å². The number of hydrogen-bond acceptors (Lipinski definition) is 6. The summed E-state index contributed by atoms with van der Waals surface area (Å²) in [6.07, 6.45) is -0.00521. The second kappa shape index (κ2) is 6.92. The van der Waals surface area contributed by atoms with Gasteiger partial charge in [0.1, 0.15) is 11.3 Å². The maximum Gasteiger partial charge on any atom is 0.339 e. The topological polar surface area (TPSA) is 120 Å². The highest BCUT2D eigenvalue weighted by Crippen LogP contribution is 2.30. The number of carbonyl (C=O) groups excluding carboxylic acids is 2. The van der Waals surface area contributed by atoms with E-state index in [4.69, 9.17) is 16.0 Å². The van der Waals surface area contributed by atoms with E-state index in [2.05, 4.69) is 5.32 Å². The Kier molecular flexibility index (Phi) is 5.14. The molecule has 1 aromatic carbocycles. The summed E-state index contributed by atoms with van der Waals surface area (Å²) in [5.74, 6) is -2.11. The number of phenolic OH excluding ortho intramolecular Hbond substituents is 1. The van der Waals surface area contributed by atoms with Crippen molar-refractivity contribution in [2.75, 3.05) is 0 Å². The number of carboxylic acids is 1. The fraction of sp³-hybridized carbons (Fsp3) is 0.312. The van der Waals surface area contributed by atoms with Gasteiger partial charge in [0, 0.05) is 23.4 Å². The van der Waals surface area contributed by atoms with E-state index in [-0.39, 0.29) is 29.2 Å². The van der Waals surface area contributed by atoms with Crippen LogP contribution in [0.15, 0.2) is 21.3 Å². The molecular weight excluding hydrogens is 338 g/mol. The van der Waals surface area contributed by atoms with Crippen LogP contribution >= 0.6 is 11.6 Å². The second-order valence-corrected chi connectivity index (χ2v) is 5.81. The van der Waals surface area contributed by atoms with Gasteiger partial charge in [-0.05, 0) is 31.9 Å². The van der Waals surface area contributed by atoms with Crippen molar-refractivity contribution < 1.29 is 24.2 Å². The number of aryl methyl sites for hydroxylation is 1. The molecule has 24 heavy (non-hydrogen) atoms. The molecular formula is C16H15ClNO6-. The van der Waals surface area contributed by atoms with Crippen LogP contribution in [-0.2, 0) is 16.0 Å². The van der Waals surface area contributed by atoms with E-state index in [9.17, 15) is 24.6 Å². The van der Waals surface area contributed by atoms with Gasteiger partial charge in [-0.1, -0.05) is 11.6 Å². The van der Waals surface area contributed by atoms with Gasteiger partial charge >= 0.3 is 5.63 Å². The number of carboxylic acid groups (broad SMARTS) is 1. The predicted octanol–water partition coefficient (Wildman–Crippen LogP) is 0.648. The molecule has 1 atom stereocenters. The monoisotopic (exact) mass is 352 g/mol. The van der Waals surface area contributed by atoms with Crippen LogP contribution in [0.1, 0.15) is 24.5 Å². The number of fused-ring (bicyclic) bond motifs is 1. The summed E-state index contributed by atoms with van der Waals surface area (Å²) in [4.78, 5) is 34.4. The first kappa shape index (κ1) is 17.8. The molecule has 0 bridgehead atoms. The zero-order valence-electron chi connectivity index (χ0n) is 13.0. The molecule has 0 saturated carbocycles. The number of hydrogen-bond donors (Lipinski definition) is 2. The molecule has 128 valence electrons. The normalized spacial score (nSPS) is 12.1. The second-order valence-electron chi connectivity index (χ2n) is 5.40. The van der Waals surface area contributed by atoms with Crippen LogP contribution in [0.5, 0.6) is 5.75 Å². The van der Waals surface area contributed by atoms with Crippen LogP contribution in [-0.4, -0.2) is 23.0 Å². The third-order valence-corrected chi connectivity index (χ3v) is 3.99. The molecule has 1 heterocycles. The highest BCUT2D eigenvalue weighted by molar-refractivity contribution is 6.32. The molecule has 8 heteroatoms. The first-order valence-electron chi connectivity index (χ1n) is 7.15. The summed E-state index contributed by atoms with van der Waals surface area (Å²) >= 11 is 5.87. The lowest BCUT2D eigenvalue weighted by atomic mass is 10.0. The Bertz CT molecular complexity index is 873. The zero-order chi connectivity index (χ0) is 18.0. The standard InChI is InChI=1S/C16H16ClNO6/c1-7-9(3-4-14(20)18-8(2)15(21)22)16(23)24-13-6-12(19)11(17)5-10(7)13/h5-6,8,19H,3-4H2,1-2H3,(H,18,20)(H,21,22)/p-1/t8-/m1/s1. The van der Waals surface area contributed by atoms with E-state index in [1.54, 1.807) is 6.92 Å². The van der Waals surface area contributed by atoms with Crippen LogP contribution in [0.25, 0.3) is 11.0 Å². The number of rotatable bonds is 5. The first-order chi connectivity index (χ1) is 11.2. The van der Waals surface area contributed by atoms with Crippen molar-refractivity contribution in [3.05, 3.63) is 38.7 Å². The van der Waals surface area contributed by atoms with Gasteiger partial charge in [0.25, 0.3) is 0 Å². The maximum atomic E-state index is 12.1. The van der Waals surface area contributed by atoms with Crippen molar-refractivity contribution >= 4 is 34.4 Å². The molecule has 0 saturated heterocycles. The molecule has 0 fully saturated rings. The van der Waals surface area contributed by atoms with Crippen LogP contribution in [0, 0.1) is 6.92 Å². The Hall–Kier alpha value is -2.54. The van der Waals surface area contributed by atoms with E-state index in [0.29, 0.717) is 16.5 Å². The minimum atomic E-state index is -1.39. The highest BCUT2D eigenvalue weighted by Gasteiger charge is 2.15. The Labute approximate surface area is 141 Å². The van der Waals surface area contributed by atoms with Gasteiger partial charge in [0.2, 0.25) is 5.91 Å². The van der Waals surface area contributed by atoms with Gasteiger partial charge in [-0.2, -0.15) is 0 Å². The number of amides is 1. The molecule has 2 aromatic rings. The van der Waals surface area contributed by atoms with Gasteiger partial charge in [-0.15, -0.1) is 0 Å². The lowest BCUT2D eigenvalue weighted by Crippen LogP contribution is -2.46. The Morgan fingerprint density at radius 2 is 2.08 bits per heavy atom. The van der Waals surface area contributed by atoms with Crippen molar-refractivity contribution in [1.82, 2.24) is 5.32 Å². The minimum absolute atomic E-state index is 0.0776. The number of aliphatic carboxylic acids is 1. The number of nitrogens with one attached hydrogen (secondary N) is 1. The van der Waals surface area contributed by atoms with Crippen molar-refractivity contribution in [2.45, 2.75) is 32.7 Å². The Morgan fingerprint density at radius 1 is 1.42 bits per heavy atom. The molecule has 2 N–H and O–H groups in total. The van der Waals surface area contributed by atoms with Crippen LogP contribution in [0.4, 0.5) is 0 Å². The van der Waals surface area contributed by atoms with Crippen LogP contribution in [0.3, 0.4) is 0 Å². The number of benzene rings is 1. The summed E-state index contributed by atoms with van der Waals surface area (Å²) in [5, 5.41) is 23.1. The van der Waals surface area contributed by atoms with Gasteiger partial charge in [-0.25, -0.2) is 4.79 Å². The molecule has 1 aromatic heterocycles. The molecule has 0 radical (unpaired) electrons. The molecule has 0 aliphatic rings. The summed E-state index contributed by atoms with van der Waals surface area (Å²) in [5.41, 5.74) is 0.449. The van der Waals surface area contributed by atoms with E-state index in [1.165, 1.54) is 19.1 Å². The number of carbonyl (C=O) groups is 2. The number of halogens is 1. The lowest BCUT2D eigenvalue weighted by Gasteiger charge is -2.14. The molecule has 0 aliphatic heterocycles. The fourth-order valence-corrected chi connectivity index (χ4v) is 2.46. The third-order valence-electron chi connectivity index (χ3n) is 3.69. The largest absolute Gasteiger partial charge is 0.548 e. The van der Waals surface area contributed by atoms with Gasteiger partial charge in [-0.3, -0.25) is 4.79 Å². The van der Waals surface area contributed by atoms with Gasteiger partial charge in [0.15, 0.2) is 0 Å². The average Bonchev–Trinajstić information content (AvgIpc) is 2.49. The van der Waals surface area contributed by atoms with Gasteiger partial charge in [0.05, 0.1) is 17.0 Å². The quantitative estimate of drug-likeness (QED) is 0.762. The zero-order valence-corrected chi connectivity index (χ0v) is 13.8. The van der Waals surface area contributed by atoms with E-state index < -0.39 is 23.5 Å². The molecule has 2 rings (SSSR count). The lowest BCUT2D eigenvalue weighted by molar-refractivity contribution is -0.307. The fourth-order valence-electron chi connectivity index (χ4n) is 2.30. The third kappa shape index (κ3) is 3.68. The molecule has 7 nitrogen and oxygen atoms in total. The van der Waals surface area contributed by atoms with Gasteiger partial charge < -0.3 is 24.7 Å². The molecule has 0 unspecified atom stereocenters. The molecule has 0 aliphatic carbocycles. The summed E-state index contributed by atoms with van der Waals surface area (Å²) < 4.78 is 5.15. The first-order valence-corrected chi connectivity index (χ1v) is 7.53. The smallest absolute Gasteiger partial charge is 0.339 e. The Morgan fingerprint density at radius 3 is 2.71 bits per heavy atom. The minimum Gasteiger partial charge on any atom is -0.548 e. The number of aromatic hydroxyl groups is 1. The van der Waals surface area contributed by atoms with Crippen LogP contribution in [0.2, 0.25) is 5.02 Å². The van der Waals surface area contributed by atoms with E-state index >= 15 is 0 Å². The van der Waals surface area contributed by atoms with Crippen molar-refractivity contribution in [3.8, 4) is 5.75 Å². The summed E-state index contributed by atoms with van der Waals surface area (Å²) in [6.45, 7) is 2.97. The SMILES string of the molecule is Cc1c(CCC(=O)N[C@H](C)C(=O)[O-])c(=O)oc2cc(O)c(Cl)cc12. The van der Waals surface area contributed by atoms with Crippen molar-refractivity contribution in [1.29, 1.82) is 0 Å². The molecule has 1 amide bonds. The van der Waals surface area contributed by atoms with Crippen molar-refractivity contribution in [2.24, 2.45) is 0 Å². The van der Waals surface area contributed by atoms with Crippen LogP contribution < -0.4 is 16.0 Å². The molecule has 0 spiro atoms. The average molecular weight is 353 g/mol.